The fourth-order valence-corrected chi connectivity index (χ4v) is 2.86. The fraction of sp³-hybridized carbons (Fsp3) is 0.294. The number of likely N-dealkylation sites (N-methyl/N-ethyl adjacent to an activating group) is 1. The van der Waals surface area contributed by atoms with Crippen molar-refractivity contribution in [1.29, 1.82) is 0 Å². The highest BCUT2D eigenvalue weighted by Gasteiger charge is 2.27. The molecule has 1 aromatic heterocycles. The van der Waals surface area contributed by atoms with Crippen LogP contribution >= 0.6 is 11.6 Å². The Morgan fingerprint density at radius 3 is 2.85 bits per heavy atom. The highest BCUT2D eigenvalue weighted by molar-refractivity contribution is 6.34. The molecule has 1 unspecified atom stereocenters. The van der Waals surface area contributed by atoms with E-state index in [1.165, 1.54) is 6.07 Å². The monoisotopic (exact) mass is 390 g/mol. The van der Waals surface area contributed by atoms with Crippen LogP contribution in [0.4, 0.5) is 5.82 Å². The molecule has 1 aliphatic heterocycles. The molecule has 3 amide bonds. The lowest BCUT2D eigenvalue weighted by Crippen LogP contribution is -2.49. The maximum Gasteiger partial charge on any atom is 0.272 e. The van der Waals surface area contributed by atoms with Crippen molar-refractivity contribution >= 4 is 35.1 Å². The zero-order valence-electron chi connectivity index (χ0n) is 14.6. The van der Waals surface area contributed by atoms with Crippen molar-refractivity contribution in [3.63, 3.8) is 0 Å². The van der Waals surface area contributed by atoms with E-state index in [1.54, 1.807) is 36.2 Å². The van der Waals surface area contributed by atoms with E-state index in [9.17, 15) is 14.4 Å². The van der Waals surface area contributed by atoms with Crippen molar-refractivity contribution in [3.05, 3.63) is 46.6 Å². The lowest BCUT2D eigenvalue weighted by Gasteiger charge is -2.19. The van der Waals surface area contributed by atoms with Gasteiger partial charge in [-0.15, -0.1) is 0 Å². The van der Waals surface area contributed by atoms with E-state index in [0.717, 1.165) is 0 Å². The Balaban J connectivity index is 1.64. The van der Waals surface area contributed by atoms with E-state index in [0.29, 0.717) is 30.2 Å². The van der Waals surface area contributed by atoms with Gasteiger partial charge in [0.2, 0.25) is 5.91 Å². The van der Waals surface area contributed by atoms with Crippen molar-refractivity contribution in [3.8, 4) is 0 Å². The molecule has 0 bridgehead atoms. The Kier molecular flexibility index (Phi) is 5.72. The van der Waals surface area contributed by atoms with E-state index in [1.807, 2.05) is 0 Å². The second kappa shape index (κ2) is 8.19. The number of aromatic amines is 1. The number of aromatic nitrogens is 2. The van der Waals surface area contributed by atoms with Crippen LogP contribution in [0.25, 0.3) is 0 Å². The predicted octanol–water partition coefficient (Wildman–Crippen LogP) is 0.475. The second-order valence-corrected chi connectivity index (χ2v) is 6.50. The molecule has 2 aromatic rings. The Hall–Kier alpha value is -2.91. The van der Waals surface area contributed by atoms with Crippen LogP contribution in [-0.2, 0) is 4.79 Å². The van der Waals surface area contributed by atoms with Gasteiger partial charge in [0, 0.05) is 32.7 Å². The smallest absolute Gasteiger partial charge is 0.272 e. The van der Waals surface area contributed by atoms with Gasteiger partial charge in [-0.25, -0.2) is 0 Å². The first kappa shape index (κ1) is 18.9. The molecule has 1 atom stereocenters. The second-order valence-electron chi connectivity index (χ2n) is 6.09. The molecule has 1 aliphatic rings. The number of rotatable bonds is 4. The van der Waals surface area contributed by atoms with Gasteiger partial charge < -0.3 is 20.9 Å². The lowest BCUT2D eigenvalue weighted by molar-refractivity contribution is -0.131. The highest BCUT2D eigenvalue weighted by atomic mass is 35.5. The molecule has 0 saturated carbocycles. The van der Waals surface area contributed by atoms with E-state index >= 15 is 0 Å². The number of hydrogen-bond acceptors (Lipinski definition) is 5. The van der Waals surface area contributed by atoms with Gasteiger partial charge in [0.25, 0.3) is 11.8 Å². The number of H-pyrrole nitrogens is 1. The lowest BCUT2D eigenvalue weighted by atomic mass is 10.2. The number of amides is 3. The molecule has 0 aliphatic carbocycles. The minimum absolute atomic E-state index is 0.0594. The molecule has 1 saturated heterocycles. The minimum Gasteiger partial charge on any atom is -0.343 e. The van der Waals surface area contributed by atoms with Crippen LogP contribution in [0.3, 0.4) is 0 Å². The van der Waals surface area contributed by atoms with Crippen LogP contribution in [-0.4, -0.2) is 65.5 Å². The van der Waals surface area contributed by atoms with Gasteiger partial charge in [0.1, 0.15) is 11.9 Å². The van der Waals surface area contributed by atoms with E-state index in [2.05, 4.69) is 26.1 Å². The topological polar surface area (TPSA) is 119 Å². The summed E-state index contributed by atoms with van der Waals surface area (Å²) in [7, 11) is 1.69. The van der Waals surface area contributed by atoms with Crippen LogP contribution < -0.4 is 16.0 Å². The van der Waals surface area contributed by atoms with Crippen molar-refractivity contribution in [2.75, 3.05) is 32.0 Å². The summed E-state index contributed by atoms with van der Waals surface area (Å²) in [5, 5.41) is 15.1. The molecule has 2 heterocycles. The first-order valence-corrected chi connectivity index (χ1v) is 8.71. The van der Waals surface area contributed by atoms with Crippen molar-refractivity contribution in [2.24, 2.45) is 0 Å². The fourth-order valence-electron chi connectivity index (χ4n) is 2.64. The Morgan fingerprint density at radius 2 is 2.07 bits per heavy atom. The van der Waals surface area contributed by atoms with Gasteiger partial charge in [-0.05, 0) is 12.1 Å². The standard InChI is InChI=1S/C17H19ClN6O3/c1-24-7-6-19-9-13(17(24)27)20-16(26)12-8-14(23-22-12)21-15(25)10-4-2-3-5-11(10)18/h2-5,8,13,19H,6-7,9H2,1H3,(H,20,26)(H2,21,22,23,25). The molecule has 10 heteroatoms. The molecule has 27 heavy (non-hydrogen) atoms. The zero-order valence-corrected chi connectivity index (χ0v) is 15.3. The van der Waals surface area contributed by atoms with Crippen molar-refractivity contribution < 1.29 is 14.4 Å². The van der Waals surface area contributed by atoms with Gasteiger partial charge in [-0.3, -0.25) is 19.5 Å². The number of nitrogens with zero attached hydrogens (tertiary/aromatic N) is 2. The molecule has 0 spiro atoms. The normalized spacial score (nSPS) is 17.3. The molecule has 1 fully saturated rings. The van der Waals surface area contributed by atoms with Gasteiger partial charge in [-0.2, -0.15) is 5.10 Å². The first-order valence-electron chi connectivity index (χ1n) is 8.33. The van der Waals surface area contributed by atoms with E-state index in [-0.39, 0.29) is 17.4 Å². The number of carbonyl (C=O) groups excluding carboxylic acids is 3. The Morgan fingerprint density at radius 1 is 1.30 bits per heavy atom. The Labute approximate surface area is 160 Å². The molecule has 3 rings (SSSR count). The van der Waals surface area contributed by atoms with E-state index < -0.39 is 17.9 Å². The highest BCUT2D eigenvalue weighted by Crippen LogP contribution is 2.16. The maximum absolute atomic E-state index is 12.4. The van der Waals surface area contributed by atoms with Crippen molar-refractivity contribution in [2.45, 2.75) is 6.04 Å². The first-order chi connectivity index (χ1) is 13.0. The number of halogens is 1. The van der Waals surface area contributed by atoms with Gasteiger partial charge in [0.15, 0.2) is 5.69 Å². The molecule has 0 radical (unpaired) electrons. The quantitative estimate of drug-likeness (QED) is 0.605. The summed E-state index contributed by atoms with van der Waals surface area (Å²) in [4.78, 5) is 38.4. The van der Waals surface area contributed by atoms with E-state index in [4.69, 9.17) is 11.6 Å². The predicted molar refractivity (Wildman–Crippen MR) is 99.8 cm³/mol. The van der Waals surface area contributed by atoms with Crippen LogP contribution in [0.5, 0.6) is 0 Å². The van der Waals surface area contributed by atoms with Crippen LogP contribution in [0, 0.1) is 0 Å². The number of hydrogen-bond donors (Lipinski definition) is 4. The third-order valence-corrected chi connectivity index (χ3v) is 4.46. The van der Waals surface area contributed by atoms with Gasteiger partial charge >= 0.3 is 0 Å². The third kappa shape index (κ3) is 4.44. The minimum atomic E-state index is -0.678. The van der Waals surface area contributed by atoms with Gasteiger partial charge in [0.05, 0.1) is 10.6 Å². The maximum atomic E-state index is 12.4. The summed E-state index contributed by atoms with van der Waals surface area (Å²) in [5.41, 5.74) is 0.363. The number of benzene rings is 1. The SMILES string of the molecule is CN1CCNCC(NC(=O)c2cc(NC(=O)c3ccccc3Cl)[nH]n2)C1=O. The Bertz CT molecular complexity index is 868. The molecule has 1 aromatic carbocycles. The van der Waals surface area contributed by atoms with Gasteiger partial charge in [-0.1, -0.05) is 23.7 Å². The summed E-state index contributed by atoms with van der Waals surface area (Å²) < 4.78 is 0. The number of anilines is 1. The third-order valence-electron chi connectivity index (χ3n) is 4.13. The zero-order chi connectivity index (χ0) is 19.4. The summed E-state index contributed by atoms with van der Waals surface area (Å²) in [6.07, 6.45) is 0. The number of carbonyl (C=O) groups is 3. The molecule has 4 N–H and O–H groups in total. The average molecular weight is 391 g/mol. The average Bonchev–Trinajstić information content (AvgIpc) is 3.06. The molecule has 142 valence electrons. The van der Waals surface area contributed by atoms with Crippen LogP contribution in [0.15, 0.2) is 30.3 Å². The summed E-state index contributed by atoms with van der Waals surface area (Å²) in [6, 6.07) is 7.32. The number of nitrogens with one attached hydrogen (secondary N) is 4. The summed E-state index contributed by atoms with van der Waals surface area (Å²) >= 11 is 6.00. The van der Waals surface area contributed by atoms with Crippen LogP contribution in [0.2, 0.25) is 5.02 Å². The van der Waals surface area contributed by atoms with Crippen molar-refractivity contribution in [1.82, 2.24) is 25.7 Å². The summed E-state index contributed by atoms with van der Waals surface area (Å²) in [5.74, 6) is -0.871. The molecular weight excluding hydrogens is 372 g/mol. The summed E-state index contributed by atoms with van der Waals surface area (Å²) in [6.45, 7) is 1.58. The largest absolute Gasteiger partial charge is 0.343 e. The van der Waals surface area contributed by atoms with Crippen LogP contribution in [0.1, 0.15) is 20.8 Å². The molecular formula is C17H19ClN6O3. The molecule has 9 nitrogen and oxygen atoms in total.